The van der Waals surface area contributed by atoms with Crippen LogP contribution in [0.4, 0.5) is 5.69 Å². The molecule has 6 heteroatoms. The lowest BCUT2D eigenvalue weighted by molar-refractivity contribution is 0.0953. The fourth-order valence-electron chi connectivity index (χ4n) is 2.63. The predicted octanol–water partition coefficient (Wildman–Crippen LogP) is 2.21. The molecular formula is C18H21N5O. The fraction of sp³-hybridized carbons (Fsp3) is 0.278. The number of carbonyl (C=O) groups is 1. The number of benzene rings is 1. The van der Waals surface area contributed by atoms with Crippen LogP contribution in [0.1, 0.15) is 21.7 Å². The molecule has 2 heterocycles. The average Bonchev–Trinajstić information content (AvgIpc) is 2.97. The van der Waals surface area contributed by atoms with Gasteiger partial charge in [-0.25, -0.2) is 9.50 Å². The molecule has 1 N–H and O–H groups in total. The highest BCUT2D eigenvalue weighted by atomic mass is 16.1. The zero-order valence-electron chi connectivity index (χ0n) is 14.2. The van der Waals surface area contributed by atoms with E-state index < -0.39 is 0 Å². The third kappa shape index (κ3) is 3.22. The van der Waals surface area contributed by atoms with Crippen molar-refractivity contribution in [3.63, 3.8) is 0 Å². The Bertz CT molecular complexity index is 856. The summed E-state index contributed by atoms with van der Waals surface area (Å²) in [6.07, 6.45) is 1.61. The molecule has 0 atom stereocenters. The molecule has 124 valence electrons. The van der Waals surface area contributed by atoms with Crippen molar-refractivity contribution in [1.29, 1.82) is 0 Å². The minimum absolute atomic E-state index is 0.128. The van der Waals surface area contributed by atoms with Gasteiger partial charge >= 0.3 is 0 Å². The third-order valence-corrected chi connectivity index (χ3v) is 4.02. The van der Waals surface area contributed by atoms with E-state index in [-0.39, 0.29) is 5.91 Å². The zero-order chi connectivity index (χ0) is 17.1. The number of likely N-dealkylation sites (N-methyl/N-ethyl adjacent to an activating group) is 1. The highest BCUT2D eigenvalue weighted by Gasteiger charge is 2.13. The summed E-state index contributed by atoms with van der Waals surface area (Å²) >= 11 is 0. The number of hydrogen-bond acceptors (Lipinski definition) is 4. The van der Waals surface area contributed by atoms with Gasteiger partial charge in [-0.3, -0.25) is 4.79 Å². The van der Waals surface area contributed by atoms with Gasteiger partial charge in [0.1, 0.15) is 0 Å². The topological polar surface area (TPSA) is 62.5 Å². The first-order valence-electron chi connectivity index (χ1n) is 7.92. The molecule has 3 rings (SSSR count). The number of aryl methyl sites for hydroxylation is 2. The number of para-hydroxylation sites is 1. The first-order chi connectivity index (χ1) is 11.6. The lowest BCUT2D eigenvalue weighted by Gasteiger charge is -2.19. The maximum atomic E-state index is 12.4. The van der Waals surface area contributed by atoms with Crippen molar-refractivity contribution in [3.05, 3.63) is 59.5 Å². The number of amides is 1. The van der Waals surface area contributed by atoms with Gasteiger partial charge in [0.2, 0.25) is 0 Å². The number of nitrogens with zero attached hydrogens (tertiary/aromatic N) is 4. The van der Waals surface area contributed by atoms with Crippen LogP contribution >= 0.6 is 0 Å². The van der Waals surface area contributed by atoms with Gasteiger partial charge in [-0.15, -0.1) is 0 Å². The second-order valence-corrected chi connectivity index (χ2v) is 5.83. The molecule has 0 aliphatic rings. The van der Waals surface area contributed by atoms with Gasteiger partial charge in [0.05, 0.1) is 17.0 Å². The summed E-state index contributed by atoms with van der Waals surface area (Å²) in [5.41, 5.74) is 4.10. The summed E-state index contributed by atoms with van der Waals surface area (Å²) < 4.78 is 1.71. The van der Waals surface area contributed by atoms with E-state index in [0.29, 0.717) is 12.1 Å². The Hall–Kier alpha value is -2.89. The summed E-state index contributed by atoms with van der Waals surface area (Å²) in [6.45, 7) is 5.07. The molecule has 0 spiro atoms. The van der Waals surface area contributed by atoms with Crippen molar-refractivity contribution in [2.45, 2.75) is 13.8 Å². The molecule has 0 saturated carbocycles. The summed E-state index contributed by atoms with van der Waals surface area (Å²) in [5, 5.41) is 7.32. The van der Waals surface area contributed by atoms with E-state index in [2.05, 4.69) is 20.3 Å². The number of nitrogens with one attached hydrogen (secondary N) is 1. The molecule has 0 aliphatic carbocycles. The van der Waals surface area contributed by atoms with Crippen LogP contribution in [0.5, 0.6) is 0 Å². The molecule has 0 unspecified atom stereocenters. The first kappa shape index (κ1) is 16.0. The Morgan fingerprint density at radius 1 is 1.25 bits per heavy atom. The summed E-state index contributed by atoms with van der Waals surface area (Å²) in [4.78, 5) is 18.8. The number of rotatable bonds is 5. The van der Waals surface area contributed by atoms with E-state index in [4.69, 9.17) is 0 Å². The predicted molar refractivity (Wildman–Crippen MR) is 94.5 cm³/mol. The number of aromatic nitrogens is 3. The van der Waals surface area contributed by atoms with E-state index in [0.717, 1.165) is 29.3 Å². The maximum Gasteiger partial charge on any atom is 0.254 e. The van der Waals surface area contributed by atoms with Gasteiger partial charge in [0.15, 0.2) is 5.65 Å². The molecule has 0 bridgehead atoms. The lowest BCUT2D eigenvalue weighted by atomic mass is 10.2. The minimum Gasteiger partial charge on any atom is -0.373 e. The van der Waals surface area contributed by atoms with Crippen LogP contribution < -0.4 is 10.2 Å². The molecular weight excluding hydrogens is 302 g/mol. The van der Waals surface area contributed by atoms with Gasteiger partial charge in [-0.1, -0.05) is 18.2 Å². The van der Waals surface area contributed by atoms with Crippen LogP contribution in [0.2, 0.25) is 0 Å². The normalized spacial score (nSPS) is 10.8. The van der Waals surface area contributed by atoms with Crippen LogP contribution in [0.25, 0.3) is 5.65 Å². The van der Waals surface area contributed by atoms with E-state index in [9.17, 15) is 4.79 Å². The van der Waals surface area contributed by atoms with E-state index in [1.165, 1.54) is 0 Å². The van der Waals surface area contributed by atoms with Crippen LogP contribution in [-0.4, -0.2) is 40.6 Å². The largest absolute Gasteiger partial charge is 0.373 e. The quantitative estimate of drug-likeness (QED) is 0.782. The Morgan fingerprint density at radius 3 is 2.75 bits per heavy atom. The van der Waals surface area contributed by atoms with Crippen molar-refractivity contribution in [3.8, 4) is 0 Å². The van der Waals surface area contributed by atoms with Gasteiger partial charge in [-0.05, 0) is 26.0 Å². The monoisotopic (exact) mass is 323 g/mol. The molecule has 24 heavy (non-hydrogen) atoms. The van der Waals surface area contributed by atoms with Crippen molar-refractivity contribution in [2.24, 2.45) is 0 Å². The second-order valence-electron chi connectivity index (χ2n) is 5.83. The molecule has 0 aliphatic heterocycles. The van der Waals surface area contributed by atoms with E-state index >= 15 is 0 Å². The number of fused-ring (bicyclic) bond motifs is 1. The summed E-state index contributed by atoms with van der Waals surface area (Å²) in [6, 6.07) is 12.0. The van der Waals surface area contributed by atoms with Crippen molar-refractivity contribution in [2.75, 3.05) is 25.0 Å². The molecule has 1 aromatic carbocycles. The van der Waals surface area contributed by atoms with E-state index in [1.54, 1.807) is 10.7 Å². The molecule has 0 radical (unpaired) electrons. The van der Waals surface area contributed by atoms with Crippen LogP contribution in [-0.2, 0) is 0 Å². The van der Waals surface area contributed by atoms with E-state index in [1.807, 2.05) is 57.3 Å². The SMILES string of the molecule is Cc1cc2ncc(C(=O)NCCN(C)c3ccccc3)c(C)n2n1. The van der Waals surface area contributed by atoms with Gasteiger partial charge in [0, 0.05) is 38.1 Å². The molecule has 1 amide bonds. The Morgan fingerprint density at radius 2 is 2.00 bits per heavy atom. The van der Waals surface area contributed by atoms with Crippen LogP contribution in [0.3, 0.4) is 0 Å². The van der Waals surface area contributed by atoms with Crippen LogP contribution in [0, 0.1) is 13.8 Å². The van der Waals surface area contributed by atoms with Gasteiger partial charge < -0.3 is 10.2 Å². The fourth-order valence-corrected chi connectivity index (χ4v) is 2.63. The zero-order valence-corrected chi connectivity index (χ0v) is 14.2. The standard InChI is InChI=1S/C18H21N5O/c1-13-11-17-20-12-16(14(2)23(17)21-13)18(24)19-9-10-22(3)15-7-5-4-6-8-15/h4-8,11-12H,9-10H2,1-3H3,(H,19,24). The highest BCUT2D eigenvalue weighted by Crippen LogP contribution is 2.12. The van der Waals surface area contributed by atoms with Gasteiger partial charge in [0.25, 0.3) is 5.91 Å². The number of carbonyl (C=O) groups excluding carboxylic acids is 1. The molecule has 2 aromatic heterocycles. The van der Waals surface area contributed by atoms with Crippen molar-refractivity contribution < 1.29 is 4.79 Å². The van der Waals surface area contributed by atoms with Gasteiger partial charge in [-0.2, -0.15) is 5.10 Å². The van der Waals surface area contributed by atoms with Crippen molar-refractivity contribution in [1.82, 2.24) is 19.9 Å². The molecule has 0 fully saturated rings. The minimum atomic E-state index is -0.128. The smallest absolute Gasteiger partial charge is 0.254 e. The average molecular weight is 323 g/mol. The Labute approximate surface area is 141 Å². The number of hydrogen-bond donors (Lipinski definition) is 1. The summed E-state index contributed by atoms with van der Waals surface area (Å²) in [7, 11) is 2.01. The number of anilines is 1. The highest BCUT2D eigenvalue weighted by molar-refractivity contribution is 5.95. The van der Waals surface area contributed by atoms with Crippen LogP contribution in [0.15, 0.2) is 42.6 Å². The molecule has 3 aromatic rings. The molecule has 6 nitrogen and oxygen atoms in total. The second kappa shape index (κ2) is 6.70. The molecule has 0 saturated heterocycles. The summed E-state index contributed by atoms with van der Waals surface area (Å²) in [5.74, 6) is -0.128. The lowest BCUT2D eigenvalue weighted by Crippen LogP contribution is -2.33. The first-order valence-corrected chi connectivity index (χ1v) is 7.92. The Balaban J connectivity index is 1.64. The Kier molecular flexibility index (Phi) is 4.46. The van der Waals surface area contributed by atoms with Crippen molar-refractivity contribution >= 4 is 17.2 Å². The maximum absolute atomic E-state index is 12.4. The third-order valence-electron chi connectivity index (χ3n) is 4.02.